The van der Waals surface area contributed by atoms with Gasteiger partial charge in [0.15, 0.2) is 0 Å². The highest BCUT2D eigenvalue weighted by Gasteiger charge is 2.33. The highest BCUT2D eigenvalue weighted by Crippen LogP contribution is 2.20. The van der Waals surface area contributed by atoms with E-state index in [2.05, 4.69) is 10.2 Å². The Morgan fingerprint density at radius 1 is 1.13 bits per heavy atom. The quantitative estimate of drug-likeness (QED) is 0.262. The molecule has 1 heterocycles. The third kappa shape index (κ3) is 8.49. The van der Waals surface area contributed by atoms with Crippen LogP contribution in [0.15, 0.2) is 24.3 Å². The zero-order valence-electron chi connectivity index (χ0n) is 18.3. The van der Waals surface area contributed by atoms with Gasteiger partial charge in [0.1, 0.15) is 5.54 Å². The lowest BCUT2D eigenvalue weighted by molar-refractivity contribution is -0.144. The second-order valence-corrected chi connectivity index (χ2v) is 8.42. The van der Waals surface area contributed by atoms with E-state index >= 15 is 0 Å². The molecule has 1 atom stereocenters. The van der Waals surface area contributed by atoms with Gasteiger partial charge in [-0.3, -0.25) is 9.69 Å². The van der Waals surface area contributed by atoms with E-state index in [1.165, 1.54) is 0 Å². The van der Waals surface area contributed by atoms with Gasteiger partial charge in [-0.25, -0.2) is 4.79 Å². The van der Waals surface area contributed by atoms with Crippen molar-refractivity contribution in [1.29, 1.82) is 0 Å². The van der Waals surface area contributed by atoms with Gasteiger partial charge in [-0.05, 0) is 56.7 Å². The summed E-state index contributed by atoms with van der Waals surface area (Å²) in [7, 11) is -1.37. The Morgan fingerprint density at radius 2 is 1.81 bits per heavy atom. The van der Waals surface area contributed by atoms with Crippen LogP contribution < -0.4 is 11.1 Å². The fraction of sp³-hybridized carbons (Fsp3) is 0.619. The van der Waals surface area contributed by atoms with Crippen LogP contribution in [-0.2, 0) is 4.79 Å². The number of unbranched alkanes of at least 4 members (excludes halogenated alkanes) is 1. The first-order valence-electron chi connectivity index (χ1n) is 10.9. The normalized spacial score (nSPS) is 16.6. The molecule has 1 aliphatic rings. The summed E-state index contributed by atoms with van der Waals surface area (Å²) < 4.78 is 0. The van der Waals surface area contributed by atoms with Gasteiger partial charge in [-0.15, -0.1) is 0 Å². The number of aliphatic carboxylic acids is 1. The van der Waals surface area contributed by atoms with Gasteiger partial charge in [0.05, 0.1) is 0 Å². The number of piperazine rings is 1. The first-order valence-corrected chi connectivity index (χ1v) is 10.9. The monoisotopic (exact) mass is 434 g/mol. The molecule has 9 nitrogen and oxygen atoms in total. The Labute approximate surface area is 184 Å². The van der Waals surface area contributed by atoms with Crippen LogP contribution in [0.3, 0.4) is 0 Å². The minimum absolute atomic E-state index is 0.106. The molecule has 31 heavy (non-hydrogen) atoms. The fourth-order valence-electron chi connectivity index (χ4n) is 3.82. The van der Waals surface area contributed by atoms with Crippen molar-refractivity contribution in [3.63, 3.8) is 0 Å². The number of carbonyl (C=O) groups is 2. The predicted molar refractivity (Wildman–Crippen MR) is 121 cm³/mol. The fourth-order valence-corrected chi connectivity index (χ4v) is 3.82. The number of hydrogen-bond acceptors (Lipinski definition) is 6. The maximum atomic E-state index is 12.5. The third-order valence-electron chi connectivity index (χ3n) is 5.79. The Bertz CT molecular complexity index is 727. The van der Waals surface area contributed by atoms with Crippen molar-refractivity contribution in [2.75, 3.05) is 38.0 Å². The summed E-state index contributed by atoms with van der Waals surface area (Å²) in [6.45, 7) is 5.42. The van der Waals surface area contributed by atoms with E-state index in [0.717, 1.165) is 30.9 Å². The van der Waals surface area contributed by atoms with E-state index in [1.807, 2.05) is 31.2 Å². The zero-order chi connectivity index (χ0) is 22.9. The van der Waals surface area contributed by atoms with Gasteiger partial charge in [-0.1, -0.05) is 25.0 Å². The lowest BCUT2D eigenvalue weighted by Gasteiger charge is -2.35. The number of amides is 2. The molecule has 1 unspecified atom stereocenters. The summed E-state index contributed by atoms with van der Waals surface area (Å²) in [5.41, 5.74) is 6.69. The Balaban J connectivity index is 1.70. The smallest absolute Gasteiger partial charge is 0.451 e. The molecule has 0 aliphatic carbocycles. The molecular formula is C21H35BN4O5. The van der Waals surface area contributed by atoms with Crippen LogP contribution in [0.25, 0.3) is 0 Å². The molecule has 0 aromatic heterocycles. The van der Waals surface area contributed by atoms with Crippen molar-refractivity contribution in [2.45, 2.75) is 50.9 Å². The maximum absolute atomic E-state index is 12.5. The van der Waals surface area contributed by atoms with E-state index in [-0.39, 0.29) is 12.4 Å². The Morgan fingerprint density at radius 3 is 2.42 bits per heavy atom. The minimum atomic E-state index is -1.37. The van der Waals surface area contributed by atoms with E-state index in [1.54, 1.807) is 4.90 Å². The lowest BCUT2D eigenvalue weighted by Crippen LogP contribution is -2.51. The van der Waals surface area contributed by atoms with Gasteiger partial charge >= 0.3 is 19.1 Å². The van der Waals surface area contributed by atoms with Gasteiger partial charge in [0.25, 0.3) is 0 Å². The number of benzene rings is 1. The summed E-state index contributed by atoms with van der Waals surface area (Å²) in [6.07, 6.45) is 2.60. The van der Waals surface area contributed by atoms with Crippen LogP contribution >= 0.6 is 0 Å². The number of anilines is 1. The van der Waals surface area contributed by atoms with Crippen molar-refractivity contribution >= 4 is 24.8 Å². The van der Waals surface area contributed by atoms with E-state index in [9.17, 15) is 14.7 Å². The summed E-state index contributed by atoms with van der Waals surface area (Å²) >= 11 is 0. The van der Waals surface area contributed by atoms with E-state index in [0.29, 0.717) is 45.2 Å². The first-order chi connectivity index (χ1) is 14.7. The number of nitrogens with zero attached hydrogens (tertiary/aromatic N) is 2. The highest BCUT2D eigenvalue weighted by molar-refractivity contribution is 6.40. The van der Waals surface area contributed by atoms with E-state index in [4.69, 9.17) is 15.8 Å². The van der Waals surface area contributed by atoms with Gasteiger partial charge in [0.2, 0.25) is 0 Å². The zero-order valence-corrected chi connectivity index (χ0v) is 18.3. The number of nitrogens with one attached hydrogen (secondary N) is 1. The largest absolute Gasteiger partial charge is 0.480 e. The molecule has 10 heteroatoms. The van der Waals surface area contributed by atoms with Crippen LogP contribution in [0, 0.1) is 6.92 Å². The number of rotatable bonds is 11. The number of nitrogens with two attached hydrogens (primary N) is 1. The summed E-state index contributed by atoms with van der Waals surface area (Å²) in [6, 6.07) is 7.59. The van der Waals surface area contributed by atoms with Crippen molar-refractivity contribution in [3.8, 4) is 0 Å². The number of urea groups is 1. The number of carbonyl (C=O) groups excluding carboxylic acids is 1. The maximum Gasteiger partial charge on any atom is 0.451 e. The Hall–Kier alpha value is -2.14. The summed E-state index contributed by atoms with van der Waals surface area (Å²) in [5.74, 6) is -1.02. The molecule has 0 spiro atoms. The molecule has 1 fully saturated rings. The van der Waals surface area contributed by atoms with Gasteiger partial charge in [-0.2, -0.15) is 0 Å². The molecule has 1 aromatic carbocycles. The molecular weight excluding hydrogens is 399 g/mol. The lowest BCUT2D eigenvalue weighted by atomic mass is 9.81. The number of carboxylic acids is 1. The van der Waals surface area contributed by atoms with Crippen molar-refractivity contribution in [3.05, 3.63) is 29.8 Å². The van der Waals surface area contributed by atoms with Crippen LogP contribution in [0.2, 0.25) is 6.32 Å². The third-order valence-corrected chi connectivity index (χ3v) is 5.79. The average molecular weight is 434 g/mol. The van der Waals surface area contributed by atoms with Crippen LogP contribution in [0.4, 0.5) is 10.5 Å². The average Bonchev–Trinajstić information content (AvgIpc) is 2.71. The van der Waals surface area contributed by atoms with Crippen molar-refractivity contribution in [2.24, 2.45) is 5.73 Å². The molecule has 0 bridgehead atoms. The van der Waals surface area contributed by atoms with Crippen molar-refractivity contribution < 1.29 is 24.7 Å². The molecule has 2 amide bonds. The molecule has 1 aliphatic heterocycles. The van der Waals surface area contributed by atoms with Crippen LogP contribution in [0.5, 0.6) is 0 Å². The second kappa shape index (κ2) is 12.0. The topological polar surface area (TPSA) is 139 Å². The number of hydrogen-bond donors (Lipinski definition) is 5. The second-order valence-electron chi connectivity index (χ2n) is 8.42. The Kier molecular flexibility index (Phi) is 9.76. The van der Waals surface area contributed by atoms with Crippen LogP contribution in [-0.4, -0.2) is 82.3 Å². The van der Waals surface area contributed by atoms with Crippen LogP contribution in [0.1, 0.15) is 37.7 Å². The molecule has 1 aromatic rings. The first kappa shape index (κ1) is 25.1. The standard InChI is InChI=1S/C21H35BN4O5/c1-17-6-4-7-18(16-17)24-20(29)26-14-12-25(13-15-26)11-5-9-21(23,19(27)28)8-2-3-10-22(30)31/h4,6-7,16,30-31H,2-3,5,8-15,23H2,1H3,(H,24,29)(H,27,28). The number of aryl methyl sites for hydroxylation is 1. The molecule has 1 saturated heterocycles. The summed E-state index contributed by atoms with van der Waals surface area (Å²) in [4.78, 5) is 28.1. The number of carboxylic acid groups (broad SMARTS) is 1. The molecule has 172 valence electrons. The highest BCUT2D eigenvalue weighted by atomic mass is 16.4. The molecule has 0 radical (unpaired) electrons. The SMILES string of the molecule is Cc1cccc(NC(=O)N2CCN(CCCC(N)(CCCCB(O)O)C(=O)O)CC2)c1. The molecule has 6 N–H and O–H groups in total. The molecule has 0 saturated carbocycles. The van der Waals surface area contributed by atoms with E-state index < -0.39 is 18.6 Å². The van der Waals surface area contributed by atoms with Crippen molar-refractivity contribution in [1.82, 2.24) is 9.80 Å². The minimum Gasteiger partial charge on any atom is -0.480 e. The van der Waals surface area contributed by atoms with Gasteiger partial charge < -0.3 is 31.1 Å². The summed E-state index contributed by atoms with van der Waals surface area (Å²) in [5, 5.41) is 30.2. The predicted octanol–water partition coefficient (Wildman–Crippen LogP) is 1.35. The van der Waals surface area contributed by atoms with Gasteiger partial charge in [0, 0.05) is 31.9 Å². The molecule has 2 rings (SSSR count).